The van der Waals surface area contributed by atoms with Crippen molar-refractivity contribution in [2.75, 3.05) is 13.6 Å². The lowest BCUT2D eigenvalue weighted by molar-refractivity contribution is 0.0405. The van der Waals surface area contributed by atoms with Crippen LogP contribution in [0.1, 0.15) is 30.0 Å². The summed E-state index contributed by atoms with van der Waals surface area (Å²) in [6.45, 7) is 4.19. The quantitative estimate of drug-likeness (QED) is 0.790. The van der Waals surface area contributed by atoms with Crippen LogP contribution in [-0.2, 0) is 6.54 Å². The first-order valence-corrected chi connectivity index (χ1v) is 5.00. The largest absolute Gasteiger partial charge is 0.478 e. The fourth-order valence-electron chi connectivity index (χ4n) is 1.62. The fraction of sp³-hybridized carbons (Fsp3) is 0.545. The average Bonchev–Trinajstić information content (AvgIpc) is 2.47. The van der Waals surface area contributed by atoms with Gasteiger partial charge >= 0.3 is 5.97 Å². The van der Waals surface area contributed by atoms with Crippen molar-refractivity contribution in [3.8, 4) is 0 Å². The van der Waals surface area contributed by atoms with Gasteiger partial charge in [0.1, 0.15) is 11.3 Å². The summed E-state index contributed by atoms with van der Waals surface area (Å²) in [6.07, 6.45) is 1.36. The Balaban J connectivity index is 2.66. The molecule has 0 bridgehead atoms. The van der Waals surface area contributed by atoms with Crippen molar-refractivity contribution in [1.29, 1.82) is 0 Å². The van der Waals surface area contributed by atoms with Gasteiger partial charge in [0, 0.05) is 6.54 Å². The molecule has 0 aliphatic carbocycles. The Morgan fingerprint density at radius 1 is 1.56 bits per heavy atom. The maximum absolute atomic E-state index is 10.8. The van der Waals surface area contributed by atoms with Crippen molar-refractivity contribution < 1.29 is 19.4 Å². The Hall–Kier alpha value is -1.33. The van der Waals surface area contributed by atoms with Crippen LogP contribution in [0.3, 0.4) is 0 Å². The zero-order valence-electron chi connectivity index (χ0n) is 9.73. The van der Waals surface area contributed by atoms with Crippen LogP contribution in [0.15, 0.2) is 16.7 Å². The second kappa shape index (κ2) is 4.67. The lowest BCUT2D eigenvalue weighted by atomic mass is 10.1. The third-order valence-corrected chi connectivity index (χ3v) is 2.05. The van der Waals surface area contributed by atoms with Crippen LogP contribution in [0.5, 0.6) is 0 Å². The smallest absolute Gasteiger partial charge is 0.339 e. The standard InChI is InChI=1S/C11H17NO4/c1-11(2,15)7-12(3)6-9-8(10(13)14)4-5-16-9/h4-5,15H,6-7H2,1-3H3,(H,13,14). The van der Waals surface area contributed by atoms with Gasteiger partial charge in [-0.15, -0.1) is 0 Å². The van der Waals surface area contributed by atoms with Gasteiger partial charge < -0.3 is 14.6 Å². The highest BCUT2D eigenvalue weighted by atomic mass is 16.4. The molecule has 1 aromatic heterocycles. The van der Waals surface area contributed by atoms with Gasteiger partial charge in [0.2, 0.25) is 0 Å². The maximum atomic E-state index is 10.8. The summed E-state index contributed by atoms with van der Waals surface area (Å²) in [5, 5.41) is 18.5. The molecule has 1 aromatic rings. The van der Waals surface area contributed by atoms with Crippen LogP contribution >= 0.6 is 0 Å². The van der Waals surface area contributed by atoms with E-state index in [2.05, 4.69) is 0 Å². The summed E-state index contributed by atoms with van der Waals surface area (Å²) < 4.78 is 5.11. The molecule has 0 saturated carbocycles. The second-order valence-electron chi connectivity index (χ2n) is 4.55. The number of furan rings is 1. The number of nitrogens with zero attached hydrogens (tertiary/aromatic N) is 1. The minimum Gasteiger partial charge on any atom is -0.478 e. The first kappa shape index (κ1) is 12.7. The monoisotopic (exact) mass is 227 g/mol. The van der Waals surface area contributed by atoms with Gasteiger partial charge in [-0.05, 0) is 27.0 Å². The number of carboxylic acid groups (broad SMARTS) is 1. The molecule has 0 aromatic carbocycles. The van der Waals surface area contributed by atoms with E-state index in [4.69, 9.17) is 9.52 Å². The number of aliphatic hydroxyl groups is 1. The number of aromatic carboxylic acids is 1. The lowest BCUT2D eigenvalue weighted by Gasteiger charge is -2.24. The van der Waals surface area contributed by atoms with Gasteiger partial charge in [0.15, 0.2) is 0 Å². The summed E-state index contributed by atoms with van der Waals surface area (Å²) in [4.78, 5) is 12.6. The first-order chi connectivity index (χ1) is 7.29. The Kier molecular flexibility index (Phi) is 3.72. The van der Waals surface area contributed by atoms with Crippen molar-refractivity contribution in [1.82, 2.24) is 4.90 Å². The minimum absolute atomic E-state index is 0.169. The molecule has 1 heterocycles. The van der Waals surface area contributed by atoms with Gasteiger partial charge in [-0.25, -0.2) is 4.79 Å². The Bertz CT molecular complexity index is 364. The van der Waals surface area contributed by atoms with Crippen LogP contribution in [0.2, 0.25) is 0 Å². The van der Waals surface area contributed by atoms with E-state index in [1.54, 1.807) is 20.9 Å². The maximum Gasteiger partial charge on any atom is 0.339 e. The summed E-state index contributed by atoms with van der Waals surface area (Å²) in [6, 6.07) is 1.43. The van der Waals surface area contributed by atoms with E-state index < -0.39 is 11.6 Å². The second-order valence-corrected chi connectivity index (χ2v) is 4.55. The highest BCUT2D eigenvalue weighted by Gasteiger charge is 2.19. The molecule has 16 heavy (non-hydrogen) atoms. The molecule has 0 aliphatic rings. The van der Waals surface area contributed by atoms with Crippen LogP contribution in [-0.4, -0.2) is 40.3 Å². The van der Waals surface area contributed by atoms with Crippen molar-refractivity contribution in [3.63, 3.8) is 0 Å². The number of rotatable bonds is 5. The third-order valence-electron chi connectivity index (χ3n) is 2.05. The number of carboxylic acids is 1. The van der Waals surface area contributed by atoms with E-state index in [1.807, 2.05) is 4.90 Å². The normalized spacial score (nSPS) is 12.1. The van der Waals surface area contributed by atoms with Gasteiger partial charge in [-0.2, -0.15) is 0 Å². The molecule has 0 amide bonds. The van der Waals surface area contributed by atoms with Crippen molar-refractivity contribution >= 4 is 5.97 Å². The molecule has 5 heteroatoms. The van der Waals surface area contributed by atoms with E-state index in [1.165, 1.54) is 12.3 Å². The summed E-state index contributed by atoms with van der Waals surface area (Å²) >= 11 is 0. The lowest BCUT2D eigenvalue weighted by Crippen LogP contribution is -2.35. The first-order valence-electron chi connectivity index (χ1n) is 5.00. The molecule has 0 unspecified atom stereocenters. The van der Waals surface area contributed by atoms with Crippen LogP contribution in [0, 0.1) is 0 Å². The SMILES string of the molecule is CN(Cc1occc1C(=O)O)CC(C)(C)O. The molecule has 0 aliphatic heterocycles. The number of carbonyl (C=O) groups is 1. The zero-order valence-corrected chi connectivity index (χ0v) is 9.73. The zero-order chi connectivity index (χ0) is 12.3. The highest BCUT2D eigenvalue weighted by molar-refractivity contribution is 5.88. The van der Waals surface area contributed by atoms with Gasteiger partial charge in [0.25, 0.3) is 0 Å². The Morgan fingerprint density at radius 2 is 2.19 bits per heavy atom. The van der Waals surface area contributed by atoms with E-state index in [0.29, 0.717) is 18.8 Å². The Labute approximate surface area is 94.3 Å². The molecule has 0 radical (unpaired) electrons. The van der Waals surface area contributed by atoms with Gasteiger partial charge in [-0.1, -0.05) is 0 Å². The third kappa shape index (κ3) is 3.67. The fourth-order valence-corrected chi connectivity index (χ4v) is 1.62. The number of hydrogen-bond donors (Lipinski definition) is 2. The Morgan fingerprint density at radius 3 is 2.69 bits per heavy atom. The molecular weight excluding hydrogens is 210 g/mol. The van der Waals surface area contributed by atoms with Crippen molar-refractivity contribution in [2.24, 2.45) is 0 Å². The predicted molar refractivity (Wildman–Crippen MR) is 58.3 cm³/mol. The molecule has 0 atom stereocenters. The summed E-state index contributed by atoms with van der Waals surface area (Å²) in [7, 11) is 1.80. The average molecular weight is 227 g/mol. The highest BCUT2D eigenvalue weighted by Crippen LogP contribution is 2.14. The van der Waals surface area contributed by atoms with Crippen molar-refractivity contribution in [2.45, 2.75) is 26.0 Å². The van der Waals surface area contributed by atoms with E-state index in [0.717, 1.165) is 0 Å². The predicted octanol–water partition coefficient (Wildman–Crippen LogP) is 1.18. The van der Waals surface area contributed by atoms with E-state index in [-0.39, 0.29) is 5.56 Å². The molecule has 5 nitrogen and oxygen atoms in total. The van der Waals surface area contributed by atoms with Gasteiger partial charge in [0.05, 0.1) is 18.4 Å². The van der Waals surface area contributed by atoms with Gasteiger partial charge in [-0.3, -0.25) is 4.90 Å². The molecule has 0 saturated heterocycles. The molecular formula is C11H17NO4. The molecule has 2 N–H and O–H groups in total. The topological polar surface area (TPSA) is 73.9 Å². The van der Waals surface area contributed by atoms with Crippen LogP contribution in [0.25, 0.3) is 0 Å². The number of likely N-dealkylation sites (N-methyl/N-ethyl adjacent to an activating group) is 1. The van der Waals surface area contributed by atoms with Crippen LogP contribution < -0.4 is 0 Å². The van der Waals surface area contributed by atoms with E-state index in [9.17, 15) is 9.90 Å². The van der Waals surface area contributed by atoms with Crippen molar-refractivity contribution in [3.05, 3.63) is 23.7 Å². The molecule has 1 rings (SSSR count). The van der Waals surface area contributed by atoms with Crippen LogP contribution in [0.4, 0.5) is 0 Å². The molecule has 0 fully saturated rings. The van der Waals surface area contributed by atoms with E-state index >= 15 is 0 Å². The minimum atomic E-state index is -1.000. The number of hydrogen-bond acceptors (Lipinski definition) is 4. The summed E-state index contributed by atoms with van der Waals surface area (Å²) in [5.74, 6) is -0.598. The summed E-state index contributed by atoms with van der Waals surface area (Å²) in [5.41, 5.74) is -0.646. The molecule has 0 spiro atoms. The molecule has 90 valence electrons.